The number of nitrogens with two attached hydrogens (primary N) is 1. The zero-order chi connectivity index (χ0) is 14.9. The van der Waals surface area contributed by atoms with E-state index in [1.807, 2.05) is 0 Å². The van der Waals surface area contributed by atoms with Crippen molar-refractivity contribution in [2.24, 2.45) is 5.84 Å². The van der Waals surface area contributed by atoms with Crippen molar-refractivity contribution in [2.75, 3.05) is 23.9 Å². The Balaban J connectivity index is 1.81. The Morgan fingerprint density at radius 2 is 2.00 bits per heavy atom. The average molecular weight is 293 g/mol. The lowest BCUT2D eigenvalue weighted by Crippen LogP contribution is -2.21. The molecule has 118 valence electrons. The number of nitrogens with one attached hydrogen (secondary N) is 2. The highest BCUT2D eigenvalue weighted by atomic mass is 16.5. The maximum Gasteiger partial charge on any atom is 0.148 e. The molecule has 0 aromatic carbocycles. The van der Waals surface area contributed by atoms with E-state index in [4.69, 9.17) is 10.6 Å². The third kappa shape index (κ3) is 4.82. The summed E-state index contributed by atoms with van der Waals surface area (Å²) in [5, 5.41) is 3.34. The van der Waals surface area contributed by atoms with Crippen molar-refractivity contribution < 1.29 is 4.74 Å². The maximum absolute atomic E-state index is 5.91. The van der Waals surface area contributed by atoms with Gasteiger partial charge in [0.1, 0.15) is 18.0 Å². The predicted octanol–water partition coefficient (Wildman–Crippen LogP) is 2.48. The summed E-state index contributed by atoms with van der Waals surface area (Å²) in [5.41, 5.74) is 3.68. The molecule has 21 heavy (non-hydrogen) atoms. The van der Waals surface area contributed by atoms with Gasteiger partial charge in [-0.2, -0.15) is 0 Å². The molecule has 6 heteroatoms. The van der Waals surface area contributed by atoms with Gasteiger partial charge in [0.15, 0.2) is 0 Å². The first-order chi connectivity index (χ1) is 10.3. The summed E-state index contributed by atoms with van der Waals surface area (Å²) < 4.78 is 5.91. The van der Waals surface area contributed by atoms with Crippen LogP contribution in [0.5, 0.6) is 0 Å². The molecule has 0 unspecified atom stereocenters. The first-order valence-corrected chi connectivity index (χ1v) is 8.01. The second kappa shape index (κ2) is 8.79. The largest absolute Gasteiger partial charge is 0.376 e. The number of aromatic nitrogens is 2. The summed E-state index contributed by atoms with van der Waals surface area (Å²) in [4.78, 5) is 8.48. The van der Waals surface area contributed by atoms with Crippen LogP contribution in [-0.4, -0.2) is 29.2 Å². The summed E-state index contributed by atoms with van der Waals surface area (Å²) in [5.74, 6) is 7.06. The summed E-state index contributed by atoms with van der Waals surface area (Å²) in [6.07, 6.45) is 10.3. The van der Waals surface area contributed by atoms with E-state index in [1.54, 1.807) is 0 Å². The highest BCUT2D eigenvalue weighted by Gasteiger charge is 2.13. The van der Waals surface area contributed by atoms with Crippen molar-refractivity contribution in [1.82, 2.24) is 9.97 Å². The number of hydrogen-bond acceptors (Lipinski definition) is 6. The molecule has 1 aromatic heterocycles. The van der Waals surface area contributed by atoms with Crippen LogP contribution in [0.25, 0.3) is 0 Å². The predicted molar refractivity (Wildman–Crippen MR) is 85.2 cm³/mol. The molecule has 0 atom stereocenters. The number of rotatable bonds is 8. The summed E-state index contributed by atoms with van der Waals surface area (Å²) in [6, 6.07) is 0. The first-order valence-electron chi connectivity index (χ1n) is 8.01. The zero-order valence-corrected chi connectivity index (χ0v) is 12.9. The molecule has 0 amide bonds. The van der Waals surface area contributed by atoms with E-state index in [0.29, 0.717) is 18.5 Å². The number of nitrogens with zero attached hydrogens (tertiary/aromatic N) is 2. The van der Waals surface area contributed by atoms with Crippen molar-refractivity contribution in [3.05, 3.63) is 11.9 Å². The third-order valence-corrected chi connectivity index (χ3v) is 3.88. The molecule has 1 aliphatic rings. The smallest absolute Gasteiger partial charge is 0.148 e. The van der Waals surface area contributed by atoms with E-state index in [9.17, 15) is 0 Å². The highest BCUT2D eigenvalue weighted by molar-refractivity contribution is 5.56. The first kappa shape index (κ1) is 16.0. The zero-order valence-electron chi connectivity index (χ0n) is 12.9. The second-order valence-electron chi connectivity index (χ2n) is 5.50. The molecule has 0 radical (unpaired) electrons. The molecule has 0 saturated heterocycles. The van der Waals surface area contributed by atoms with Gasteiger partial charge in [0.2, 0.25) is 0 Å². The minimum atomic E-state index is 0.447. The van der Waals surface area contributed by atoms with E-state index in [1.165, 1.54) is 38.4 Å². The van der Waals surface area contributed by atoms with Crippen molar-refractivity contribution >= 4 is 11.6 Å². The van der Waals surface area contributed by atoms with Crippen LogP contribution in [0.15, 0.2) is 6.33 Å². The quantitative estimate of drug-likeness (QED) is 0.388. The summed E-state index contributed by atoms with van der Waals surface area (Å²) in [6.45, 7) is 3.60. The van der Waals surface area contributed by atoms with Gasteiger partial charge in [-0.3, -0.25) is 0 Å². The Hall–Kier alpha value is -1.40. The van der Waals surface area contributed by atoms with Gasteiger partial charge in [-0.1, -0.05) is 32.6 Å². The number of nitrogen functional groups attached to an aromatic ring is 1. The van der Waals surface area contributed by atoms with Gasteiger partial charge in [0.05, 0.1) is 12.7 Å². The molecule has 2 rings (SSSR count). The van der Waals surface area contributed by atoms with Crippen LogP contribution in [0.1, 0.15) is 51.0 Å². The number of ether oxygens (including phenoxy) is 1. The fourth-order valence-electron chi connectivity index (χ4n) is 2.80. The number of anilines is 2. The van der Waals surface area contributed by atoms with E-state index in [0.717, 1.165) is 30.8 Å². The Bertz CT molecular complexity index is 421. The van der Waals surface area contributed by atoms with Gasteiger partial charge in [0, 0.05) is 12.1 Å². The van der Waals surface area contributed by atoms with Crippen molar-refractivity contribution in [3.63, 3.8) is 0 Å². The average Bonchev–Trinajstić information content (AvgIpc) is 2.54. The molecular formula is C15H27N5O. The number of hydrogen-bond donors (Lipinski definition) is 3. The summed E-state index contributed by atoms with van der Waals surface area (Å²) >= 11 is 0. The minimum Gasteiger partial charge on any atom is -0.376 e. The van der Waals surface area contributed by atoms with Crippen LogP contribution < -0.4 is 16.6 Å². The molecule has 1 saturated carbocycles. The van der Waals surface area contributed by atoms with Gasteiger partial charge in [-0.25, -0.2) is 15.8 Å². The van der Waals surface area contributed by atoms with Crippen LogP contribution >= 0.6 is 0 Å². The SMILES string of the molecule is CCCc1c(NN)ncnc1NCCOC1CCCCC1. The molecule has 1 aliphatic carbocycles. The van der Waals surface area contributed by atoms with Crippen LogP contribution in [-0.2, 0) is 11.2 Å². The Kier molecular flexibility index (Phi) is 6.69. The number of hydrazine groups is 1. The van der Waals surface area contributed by atoms with E-state index < -0.39 is 0 Å². The molecule has 1 aromatic rings. The van der Waals surface area contributed by atoms with Gasteiger partial charge in [0.25, 0.3) is 0 Å². The Labute approximate surface area is 126 Å². The lowest BCUT2D eigenvalue weighted by molar-refractivity contribution is 0.0347. The van der Waals surface area contributed by atoms with Gasteiger partial charge >= 0.3 is 0 Å². The topological polar surface area (TPSA) is 85.1 Å². The molecular weight excluding hydrogens is 266 g/mol. The van der Waals surface area contributed by atoms with Crippen LogP contribution in [0.4, 0.5) is 11.6 Å². The molecule has 1 fully saturated rings. The Morgan fingerprint density at radius 1 is 1.24 bits per heavy atom. The van der Waals surface area contributed by atoms with Gasteiger partial charge in [-0.05, 0) is 19.3 Å². The lowest BCUT2D eigenvalue weighted by atomic mass is 9.98. The fourth-order valence-corrected chi connectivity index (χ4v) is 2.80. The van der Waals surface area contributed by atoms with E-state index in [2.05, 4.69) is 27.6 Å². The molecule has 0 bridgehead atoms. The molecule has 0 spiro atoms. The van der Waals surface area contributed by atoms with Crippen molar-refractivity contribution in [1.29, 1.82) is 0 Å². The third-order valence-electron chi connectivity index (χ3n) is 3.88. The normalized spacial score (nSPS) is 15.9. The molecule has 6 nitrogen and oxygen atoms in total. The van der Waals surface area contributed by atoms with Crippen LogP contribution in [0.3, 0.4) is 0 Å². The van der Waals surface area contributed by atoms with E-state index >= 15 is 0 Å². The van der Waals surface area contributed by atoms with Crippen molar-refractivity contribution in [2.45, 2.75) is 58.0 Å². The molecule has 4 N–H and O–H groups in total. The van der Waals surface area contributed by atoms with Crippen molar-refractivity contribution in [3.8, 4) is 0 Å². The maximum atomic E-state index is 5.91. The van der Waals surface area contributed by atoms with Crippen LogP contribution in [0.2, 0.25) is 0 Å². The minimum absolute atomic E-state index is 0.447. The van der Waals surface area contributed by atoms with Crippen LogP contribution in [0, 0.1) is 0 Å². The molecule has 0 aliphatic heterocycles. The van der Waals surface area contributed by atoms with E-state index in [-0.39, 0.29) is 0 Å². The standard InChI is InChI=1S/C15H27N5O/c1-2-6-13-14(18-11-19-15(13)20-16)17-9-10-21-12-7-4-3-5-8-12/h11-12H,2-10,16H2,1H3,(H2,17,18,19,20). The van der Waals surface area contributed by atoms with Gasteiger partial charge in [-0.15, -0.1) is 0 Å². The monoisotopic (exact) mass is 293 g/mol. The fraction of sp³-hybridized carbons (Fsp3) is 0.733. The second-order valence-corrected chi connectivity index (χ2v) is 5.50. The van der Waals surface area contributed by atoms with Gasteiger partial charge < -0.3 is 15.5 Å². The lowest BCUT2D eigenvalue weighted by Gasteiger charge is -2.22. The Morgan fingerprint density at radius 3 is 2.71 bits per heavy atom. The molecule has 1 heterocycles. The summed E-state index contributed by atoms with van der Waals surface area (Å²) in [7, 11) is 0. The highest BCUT2D eigenvalue weighted by Crippen LogP contribution is 2.21.